The molecular weight excluding hydrogens is 380 g/mol. The van der Waals surface area contributed by atoms with Gasteiger partial charge in [0.05, 0.1) is 31.9 Å². The van der Waals surface area contributed by atoms with E-state index >= 15 is 0 Å². The molecule has 1 aliphatic rings. The molecule has 0 saturated carbocycles. The van der Waals surface area contributed by atoms with Gasteiger partial charge in [-0.2, -0.15) is 0 Å². The van der Waals surface area contributed by atoms with Crippen molar-refractivity contribution >= 4 is 23.3 Å². The third kappa shape index (κ3) is 5.59. The lowest BCUT2D eigenvalue weighted by atomic mass is 9.95. The van der Waals surface area contributed by atoms with Crippen LogP contribution in [0.5, 0.6) is 11.5 Å². The predicted molar refractivity (Wildman–Crippen MR) is 110 cm³/mol. The van der Waals surface area contributed by atoms with Gasteiger partial charge in [0.15, 0.2) is 16.6 Å². The van der Waals surface area contributed by atoms with E-state index in [0.29, 0.717) is 47.0 Å². The van der Waals surface area contributed by atoms with Gasteiger partial charge < -0.3 is 29.6 Å². The summed E-state index contributed by atoms with van der Waals surface area (Å²) in [6.07, 6.45) is 0. The van der Waals surface area contributed by atoms with E-state index in [-0.39, 0.29) is 6.61 Å². The fourth-order valence-electron chi connectivity index (χ4n) is 2.75. The summed E-state index contributed by atoms with van der Waals surface area (Å²) in [5, 5.41) is 6.56. The van der Waals surface area contributed by atoms with E-state index < -0.39 is 12.0 Å². The fraction of sp³-hybridized carbons (Fsp3) is 0.500. The van der Waals surface area contributed by atoms with Crippen molar-refractivity contribution < 1.29 is 23.7 Å². The molecule has 0 unspecified atom stereocenters. The molecule has 2 N–H and O–H groups in total. The van der Waals surface area contributed by atoms with Gasteiger partial charge in [-0.25, -0.2) is 4.79 Å². The molecule has 1 atom stereocenters. The van der Waals surface area contributed by atoms with Crippen LogP contribution in [0, 0.1) is 5.92 Å². The zero-order valence-corrected chi connectivity index (χ0v) is 17.8. The van der Waals surface area contributed by atoms with Crippen molar-refractivity contribution in [1.29, 1.82) is 0 Å². The number of hydrogen-bond acceptors (Lipinski definition) is 6. The zero-order valence-electron chi connectivity index (χ0n) is 17.0. The second-order valence-electron chi connectivity index (χ2n) is 6.81. The lowest BCUT2D eigenvalue weighted by Crippen LogP contribution is -2.45. The van der Waals surface area contributed by atoms with Crippen LogP contribution in [0.4, 0.5) is 0 Å². The number of methoxy groups -OCH3 is 2. The minimum absolute atomic E-state index is 0.175. The van der Waals surface area contributed by atoms with E-state index in [1.54, 1.807) is 21.1 Å². The van der Waals surface area contributed by atoms with Gasteiger partial charge >= 0.3 is 5.97 Å². The molecule has 28 heavy (non-hydrogen) atoms. The monoisotopic (exact) mass is 408 g/mol. The molecule has 7 nitrogen and oxygen atoms in total. The number of carbonyl (C=O) groups excluding carboxylic acids is 1. The molecule has 1 heterocycles. The van der Waals surface area contributed by atoms with Crippen LogP contribution in [0.25, 0.3) is 0 Å². The number of ether oxygens (including phenoxy) is 4. The zero-order chi connectivity index (χ0) is 20.7. The maximum Gasteiger partial charge on any atom is 0.338 e. The predicted octanol–water partition coefficient (Wildman–Crippen LogP) is 2.71. The summed E-state index contributed by atoms with van der Waals surface area (Å²) in [5.41, 5.74) is 1.92. The number of rotatable bonds is 9. The molecule has 0 bridgehead atoms. The van der Waals surface area contributed by atoms with Gasteiger partial charge in [-0.15, -0.1) is 0 Å². The molecule has 1 aromatic rings. The van der Waals surface area contributed by atoms with Crippen molar-refractivity contribution in [3.8, 4) is 11.5 Å². The molecule has 0 aromatic heterocycles. The van der Waals surface area contributed by atoms with Crippen molar-refractivity contribution in [3.63, 3.8) is 0 Å². The number of hydrogen-bond donors (Lipinski definition) is 2. The lowest BCUT2D eigenvalue weighted by Gasteiger charge is -2.30. The number of benzene rings is 1. The van der Waals surface area contributed by atoms with Gasteiger partial charge in [0, 0.05) is 12.8 Å². The van der Waals surface area contributed by atoms with E-state index in [0.717, 1.165) is 5.56 Å². The molecule has 0 radical (unpaired) electrons. The fourth-order valence-corrected chi connectivity index (χ4v) is 3.02. The number of nitrogens with one attached hydrogen (secondary N) is 2. The van der Waals surface area contributed by atoms with Crippen LogP contribution in [0.3, 0.4) is 0 Å². The maximum atomic E-state index is 12.7. The average Bonchev–Trinajstić information content (AvgIpc) is 2.65. The topological polar surface area (TPSA) is 78.1 Å². The Balaban J connectivity index is 2.32. The van der Waals surface area contributed by atoms with Crippen LogP contribution in [-0.4, -0.2) is 45.1 Å². The van der Waals surface area contributed by atoms with E-state index in [1.165, 1.54) is 0 Å². The molecule has 0 fully saturated rings. The summed E-state index contributed by atoms with van der Waals surface area (Å²) in [7, 11) is 3.14. The largest absolute Gasteiger partial charge is 0.493 e. The second-order valence-corrected chi connectivity index (χ2v) is 7.22. The molecule has 8 heteroatoms. The summed E-state index contributed by atoms with van der Waals surface area (Å²) in [6.45, 7) is 7.05. The van der Waals surface area contributed by atoms with Gasteiger partial charge in [-0.3, -0.25) is 0 Å². The SMILES string of the molecule is COCCOC(=O)C1=C(C)NC(=S)N[C@@H]1c1ccc(OCC(C)C)c(OC)c1. The van der Waals surface area contributed by atoms with E-state index in [9.17, 15) is 4.79 Å². The van der Waals surface area contributed by atoms with Gasteiger partial charge in [0.1, 0.15) is 6.61 Å². The molecule has 1 aliphatic heterocycles. The van der Waals surface area contributed by atoms with Crippen molar-refractivity contribution in [2.24, 2.45) is 5.92 Å². The quantitative estimate of drug-likeness (QED) is 0.367. The van der Waals surface area contributed by atoms with Gasteiger partial charge in [-0.05, 0) is 42.8 Å². The van der Waals surface area contributed by atoms with Crippen LogP contribution >= 0.6 is 12.2 Å². The van der Waals surface area contributed by atoms with Crippen molar-refractivity contribution in [2.75, 3.05) is 34.0 Å². The molecule has 0 saturated heterocycles. The van der Waals surface area contributed by atoms with Gasteiger partial charge in [-0.1, -0.05) is 19.9 Å². The Bertz CT molecular complexity index is 748. The molecule has 0 spiro atoms. The van der Waals surface area contributed by atoms with Crippen LogP contribution in [0.1, 0.15) is 32.4 Å². The number of allylic oxidation sites excluding steroid dienone is 1. The molecule has 154 valence electrons. The first-order valence-electron chi connectivity index (χ1n) is 9.12. The molecule has 1 aromatic carbocycles. The number of carbonyl (C=O) groups is 1. The van der Waals surface area contributed by atoms with Gasteiger partial charge in [0.2, 0.25) is 0 Å². The Morgan fingerprint density at radius 2 is 1.96 bits per heavy atom. The first kappa shape index (κ1) is 22.0. The summed E-state index contributed by atoms with van der Waals surface area (Å²) in [4.78, 5) is 12.7. The Morgan fingerprint density at radius 3 is 2.61 bits per heavy atom. The molecular formula is C20H28N2O5S. The molecule has 0 amide bonds. The minimum Gasteiger partial charge on any atom is -0.493 e. The highest BCUT2D eigenvalue weighted by molar-refractivity contribution is 7.80. The summed E-state index contributed by atoms with van der Waals surface area (Å²) in [5.74, 6) is 1.21. The first-order valence-corrected chi connectivity index (χ1v) is 9.53. The summed E-state index contributed by atoms with van der Waals surface area (Å²) < 4.78 is 21.6. The molecule has 2 rings (SSSR count). The van der Waals surface area contributed by atoms with E-state index in [4.69, 9.17) is 31.2 Å². The Kier molecular flexibility index (Phi) is 8.07. The highest BCUT2D eigenvalue weighted by atomic mass is 32.1. The van der Waals surface area contributed by atoms with Crippen molar-refractivity contribution in [3.05, 3.63) is 35.0 Å². The molecule has 0 aliphatic carbocycles. The third-order valence-corrected chi connectivity index (χ3v) is 4.32. The minimum atomic E-state index is -0.461. The van der Waals surface area contributed by atoms with Crippen LogP contribution < -0.4 is 20.1 Å². The Morgan fingerprint density at radius 1 is 1.21 bits per heavy atom. The number of thiocarbonyl (C=S) groups is 1. The summed E-state index contributed by atoms with van der Waals surface area (Å²) >= 11 is 5.28. The first-order chi connectivity index (χ1) is 13.4. The normalized spacial score (nSPS) is 16.5. The van der Waals surface area contributed by atoms with Crippen molar-refractivity contribution in [2.45, 2.75) is 26.8 Å². The number of esters is 1. The maximum absolute atomic E-state index is 12.7. The van der Waals surface area contributed by atoms with Crippen LogP contribution in [0.15, 0.2) is 29.5 Å². The lowest BCUT2D eigenvalue weighted by molar-refractivity contribution is -0.140. The Hall–Kier alpha value is -2.32. The van der Waals surface area contributed by atoms with Crippen LogP contribution in [-0.2, 0) is 14.3 Å². The average molecular weight is 409 g/mol. The van der Waals surface area contributed by atoms with Gasteiger partial charge in [0.25, 0.3) is 0 Å². The van der Waals surface area contributed by atoms with E-state index in [1.807, 2.05) is 18.2 Å². The highest BCUT2D eigenvalue weighted by Crippen LogP contribution is 2.34. The smallest absolute Gasteiger partial charge is 0.338 e. The second kappa shape index (κ2) is 10.3. The van der Waals surface area contributed by atoms with E-state index in [2.05, 4.69) is 24.5 Å². The highest BCUT2D eigenvalue weighted by Gasteiger charge is 2.31. The van der Waals surface area contributed by atoms with Crippen molar-refractivity contribution in [1.82, 2.24) is 10.6 Å². The third-order valence-electron chi connectivity index (χ3n) is 4.10. The Labute approximate surface area is 171 Å². The summed E-state index contributed by atoms with van der Waals surface area (Å²) in [6, 6.07) is 5.11. The van der Waals surface area contributed by atoms with Crippen LogP contribution in [0.2, 0.25) is 0 Å². The standard InChI is InChI=1S/C20H28N2O5S/c1-12(2)11-27-15-7-6-14(10-16(15)25-5)18-17(13(3)21-20(28)22-18)19(23)26-9-8-24-4/h6-7,10,12,18H,8-9,11H2,1-5H3,(H2,21,22,28)/t18-/m1/s1.